The molecule has 0 spiro atoms. The SMILES string of the molecule is Cc1nc2ccccc2n1CC1CCCN1C(=O)NCCC(=O)O. The van der Waals surface area contributed by atoms with E-state index >= 15 is 0 Å². The number of carboxylic acids is 1. The number of fused-ring (bicyclic) bond motifs is 1. The van der Waals surface area contributed by atoms with E-state index in [4.69, 9.17) is 5.11 Å². The average Bonchev–Trinajstić information content (AvgIpc) is 3.12. The molecule has 3 rings (SSSR count). The van der Waals surface area contributed by atoms with Crippen LogP contribution in [0, 0.1) is 6.92 Å². The molecule has 2 amide bonds. The second kappa shape index (κ2) is 6.90. The van der Waals surface area contributed by atoms with Gasteiger partial charge in [-0.15, -0.1) is 0 Å². The van der Waals surface area contributed by atoms with Crippen molar-refractivity contribution >= 4 is 23.0 Å². The molecule has 1 aromatic heterocycles. The van der Waals surface area contributed by atoms with Crippen molar-refractivity contribution in [2.24, 2.45) is 0 Å². The quantitative estimate of drug-likeness (QED) is 0.878. The molecule has 1 aliphatic rings. The summed E-state index contributed by atoms with van der Waals surface area (Å²) in [6.45, 7) is 3.55. The molecule has 1 atom stereocenters. The molecule has 1 fully saturated rings. The van der Waals surface area contributed by atoms with Gasteiger partial charge in [0.1, 0.15) is 5.82 Å². The summed E-state index contributed by atoms with van der Waals surface area (Å²) in [7, 11) is 0. The molecule has 1 saturated heterocycles. The highest BCUT2D eigenvalue weighted by atomic mass is 16.4. The lowest BCUT2D eigenvalue weighted by Gasteiger charge is -2.26. The van der Waals surface area contributed by atoms with Crippen LogP contribution in [0.3, 0.4) is 0 Å². The minimum atomic E-state index is -0.909. The molecule has 24 heavy (non-hydrogen) atoms. The molecule has 1 unspecified atom stereocenters. The number of aryl methyl sites for hydroxylation is 1. The molecule has 2 heterocycles. The number of carbonyl (C=O) groups excluding carboxylic acids is 1. The Hall–Kier alpha value is -2.57. The molecule has 1 aliphatic heterocycles. The first-order chi connectivity index (χ1) is 11.6. The van der Waals surface area contributed by atoms with Crippen molar-refractivity contribution in [3.63, 3.8) is 0 Å². The van der Waals surface area contributed by atoms with Crippen LogP contribution in [0.15, 0.2) is 24.3 Å². The normalized spacial score (nSPS) is 17.4. The Labute approximate surface area is 140 Å². The summed E-state index contributed by atoms with van der Waals surface area (Å²) in [5.41, 5.74) is 2.04. The summed E-state index contributed by atoms with van der Waals surface area (Å²) in [6, 6.07) is 7.92. The van der Waals surface area contributed by atoms with E-state index in [1.807, 2.05) is 36.1 Å². The maximum Gasteiger partial charge on any atom is 0.317 e. The van der Waals surface area contributed by atoms with Crippen LogP contribution in [-0.2, 0) is 11.3 Å². The zero-order valence-corrected chi connectivity index (χ0v) is 13.7. The smallest absolute Gasteiger partial charge is 0.317 e. The molecule has 7 nitrogen and oxygen atoms in total. The highest BCUT2D eigenvalue weighted by Crippen LogP contribution is 2.22. The van der Waals surface area contributed by atoms with E-state index in [9.17, 15) is 9.59 Å². The van der Waals surface area contributed by atoms with Gasteiger partial charge < -0.3 is 19.9 Å². The van der Waals surface area contributed by atoms with Gasteiger partial charge in [0, 0.05) is 19.6 Å². The number of rotatable bonds is 5. The zero-order chi connectivity index (χ0) is 17.1. The maximum absolute atomic E-state index is 12.3. The van der Waals surface area contributed by atoms with Gasteiger partial charge in [0.25, 0.3) is 0 Å². The summed E-state index contributed by atoms with van der Waals surface area (Å²) in [4.78, 5) is 29.3. The minimum absolute atomic E-state index is 0.0600. The van der Waals surface area contributed by atoms with Gasteiger partial charge in [-0.25, -0.2) is 9.78 Å². The third-order valence-electron chi connectivity index (χ3n) is 4.49. The predicted molar refractivity (Wildman–Crippen MR) is 89.8 cm³/mol. The fraction of sp³-hybridized carbons (Fsp3) is 0.471. The third kappa shape index (κ3) is 3.34. The fourth-order valence-corrected chi connectivity index (χ4v) is 3.31. The summed E-state index contributed by atoms with van der Waals surface area (Å²) < 4.78 is 2.16. The minimum Gasteiger partial charge on any atom is -0.481 e. The number of para-hydroxylation sites is 2. The first kappa shape index (κ1) is 16.3. The molecule has 0 bridgehead atoms. The van der Waals surface area contributed by atoms with Crippen molar-refractivity contribution in [2.45, 2.75) is 38.8 Å². The number of urea groups is 1. The zero-order valence-electron chi connectivity index (χ0n) is 13.7. The Morgan fingerprint density at radius 3 is 2.96 bits per heavy atom. The lowest BCUT2D eigenvalue weighted by atomic mass is 10.2. The Morgan fingerprint density at radius 1 is 1.38 bits per heavy atom. The molecule has 7 heteroatoms. The highest BCUT2D eigenvalue weighted by Gasteiger charge is 2.29. The second-order valence-electron chi connectivity index (χ2n) is 6.12. The van der Waals surface area contributed by atoms with Crippen LogP contribution < -0.4 is 5.32 Å². The first-order valence-electron chi connectivity index (χ1n) is 8.24. The molecular formula is C17H22N4O3. The predicted octanol–water partition coefficient (Wildman–Crippen LogP) is 1.99. The van der Waals surface area contributed by atoms with Crippen LogP contribution in [0.4, 0.5) is 4.79 Å². The van der Waals surface area contributed by atoms with Crippen molar-refractivity contribution < 1.29 is 14.7 Å². The molecule has 0 aliphatic carbocycles. The number of amides is 2. The van der Waals surface area contributed by atoms with E-state index in [0.717, 1.165) is 29.7 Å². The molecule has 128 valence electrons. The number of imidazole rings is 1. The molecule has 1 aromatic carbocycles. The van der Waals surface area contributed by atoms with Gasteiger partial charge >= 0.3 is 12.0 Å². The largest absolute Gasteiger partial charge is 0.481 e. The molecular weight excluding hydrogens is 308 g/mol. The first-order valence-corrected chi connectivity index (χ1v) is 8.24. The van der Waals surface area contributed by atoms with E-state index < -0.39 is 5.97 Å². The Morgan fingerprint density at radius 2 is 2.17 bits per heavy atom. The van der Waals surface area contributed by atoms with E-state index in [1.165, 1.54) is 0 Å². The van der Waals surface area contributed by atoms with Crippen LogP contribution in [0.25, 0.3) is 11.0 Å². The van der Waals surface area contributed by atoms with Gasteiger partial charge in [-0.3, -0.25) is 4.79 Å². The highest BCUT2D eigenvalue weighted by molar-refractivity contribution is 5.77. The number of aliphatic carboxylic acids is 1. The van der Waals surface area contributed by atoms with Gasteiger partial charge in [0.15, 0.2) is 0 Å². The number of benzene rings is 1. The number of likely N-dealkylation sites (tertiary alicyclic amines) is 1. The molecule has 2 aromatic rings. The van der Waals surface area contributed by atoms with Gasteiger partial charge in [-0.1, -0.05) is 12.1 Å². The number of aromatic nitrogens is 2. The van der Waals surface area contributed by atoms with Crippen LogP contribution >= 0.6 is 0 Å². The average molecular weight is 330 g/mol. The van der Waals surface area contributed by atoms with E-state index in [1.54, 1.807) is 0 Å². The number of nitrogens with zero attached hydrogens (tertiary/aromatic N) is 3. The fourth-order valence-electron chi connectivity index (χ4n) is 3.31. The van der Waals surface area contributed by atoms with Crippen molar-refractivity contribution in [3.8, 4) is 0 Å². The number of hydrogen-bond donors (Lipinski definition) is 2. The number of hydrogen-bond acceptors (Lipinski definition) is 3. The Kier molecular flexibility index (Phi) is 4.69. The second-order valence-corrected chi connectivity index (χ2v) is 6.12. The monoisotopic (exact) mass is 330 g/mol. The van der Waals surface area contributed by atoms with Crippen LogP contribution in [0.5, 0.6) is 0 Å². The lowest BCUT2D eigenvalue weighted by molar-refractivity contribution is -0.136. The molecule has 2 N–H and O–H groups in total. The standard InChI is InChI=1S/C17H22N4O3/c1-12-19-14-6-2-3-7-15(14)21(12)11-13-5-4-10-20(13)17(24)18-9-8-16(22)23/h2-3,6-7,13H,4-5,8-11H2,1H3,(H,18,24)(H,22,23). The number of carboxylic acid groups (broad SMARTS) is 1. The van der Waals surface area contributed by atoms with Crippen molar-refractivity contribution in [1.29, 1.82) is 0 Å². The van der Waals surface area contributed by atoms with Gasteiger partial charge in [-0.05, 0) is 31.9 Å². The number of nitrogens with one attached hydrogen (secondary N) is 1. The summed E-state index contributed by atoms with van der Waals surface area (Å²) in [5, 5.41) is 11.4. The van der Waals surface area contributed by atoms with E-state index in [-0.39, 0.29) is 25.0 Å². The van der Waals surface area contributed by atoms with Gasteiger partial charge in [0.2, 0.25) is 0 Å². The topological polar surface area (TPSA) is 87.5 Å². The van der Waals surface area contributed by atoms with Gasteiger partial charge in [0.05, 0.1) is 23.5 Å². The third-order valence-corrected chi connectivity index (χ3v) is 4.49. The Bertz CT molecular complexity index is 755. The summed E-state index contributed by atoms with van der Waals surface area (Å²) in [6.07, 6.45) is 1.84. The summed E-state index contributed by atoms with van der Waals surface area (Å²) in [5.74, 6) is 0.0307. The van der Waals surface area contributed by atoms with E-state index in [2.05, 4.69) is 14.9 Å². The maximum atomic E-state index is 12.3. The molecule has 0 saturated carbocycles. The number of carbonyl (C=O) groups is 2. The Balaban J connectivity index is 1.70. The molecule has 0 radical (unpaired) electrons. The van der Waals surface area contributed by atoms with Crippen LogP contribution in [0.2, 0.25) is 0 Å². The lowest BCUT2D eigenvalue weighted by Crippen LogP contribution is -2.44. The van der Waals surface area contributed by atoms with Crippen molar-refractivity contribution in [1.82, 2.24) is 19.8 Å². The van der Waals surface area contributed by atoms with Crippen molar-refractivity contribution in [2.75, 3.05) is 13.1 Å². The van der Waals surface area contributed by atoms with Crippen molar-refractivity contribution in [3.05, 3.63) is 30.1 Å². The van der Waals surface area contributed by atoms with Gasteiger partial charge in [-0.2, -0.15) is 0 Å². The summed E-state index contributed by atoms with van der Waals surface area (Å²) >= 11 is 0. The van der Waals surface area contributed by atoms with E-state index in [0.29, 0.717) is 13.1 Å². The van der Waals surface area contributed by atoms with Crippen LogP contribution in [0.1, 0.15) is 25.1 Å². The van der Waals surface area contributed by atoms with Crippen LogP contribution in [-0.4, -0.2) is 50.7 Å².